The molecule has 250 valence electrons. The number of amides is 2. The Bertz CT molecular complexity index is 914. The average molecular weight is 713 g/mol. The van der Waals surface area contributed by atoms with Crippen LogP contribution < -0.4 is 10.6 Å². The van der Waals surface area contributed by atoms with E-state index in [1.54, 1.807) is 0 Å². The van der Waals surface area contributed by atoms with Gasteiger partial charge >= 0.3 is 58.1 Å². The second-order valence-corrected chi connectivity index (χ2v) is 8.76. The van der Waals surface area contributed by atoms with E-state index in [1.165, 1.54) is 0 Å². The van der Waals surface area contributed by atoms with Crippen LogP contribution in [0.3, 0.4) is 0 Å². The summed E-state index contributed by atoms with van der Waals surface area (Å²) in [5.41, 5.74) is 0. The van der Waals surface area contributed by atoms with Crippen molar-refractivity contribution in [1.29, 1.82) is 0 Å². The maximum atomic E-state index is 13.5. The standard InChI is InChI=1S/C16H10Cl2F20N2O2/c17-15(35,36)13(31,32)11(27,28)9(23,24)7(19,20)5(41)39-3-1-2-4-40-6(42)8(21,22)10(25,26)12(29,30)14(33,34)16(18,37)38/h1-4H2,(H,39,41)(H,40,42). The predicted molar refractivity (Wildman–Crippen MR) is 96.4 cm³/mol. The monoisotopic (exact) mass is 712 g/mol. The fourth-order valence-electron chi connectivity index (χ4n) is 2.31. The van der Waals surface area contributed by atoms with Crippen molar-refractivity contribution in [2.45, 2.75) is 71.0 Å². The molecule has 0 aromatic heterocycles. The number of carbonyl (C=O) groups excluding carboxylic acids is 2. The molecule has 0 saturated carbocycles. The van der Waals surface area contributed by atoms with E-state index in [9.17, 15) is 97.4 Å². The summed E-state index contributed by atoms with van der Waals surface area (Å²) in [6.07, 6.45) is -2.09. The normalized spacial score (nSPS) is 15.5. The molecule has 0 aliphatic carbocycles. The first-order valence-corrected chi connectivity index (χ1v) is 10.5. The van der Waals surface area contributed by atoms with Crippen LogP contribution in [0.1, 0.15) is 12.8 Å². The van der Waals surface area contributed by atoms with Crippen LogP contribution in [0.4, 0.5) is 87.8 Å². The summed E-state index contributed by atoms with van der Waals surface area (Å²) >= 11 is 7.09. The van der Waals surface area contributed by atoms with E-state index < -0.39 is 95.9 Å². The summed E-state index contributed by atoms with van der Waals surface area (Å²) in [6, 6.07) is 0. The Morgan fingerprint density at radius 2 is 0.619 bits per heavy atom. The fourth-order valence-corrected chi connectivity index (χ4v) is 2.54. The molecular weight excluding hydrogens is 703 g/mol. The molecule has 2 amide bonds. The van der Waals surface area contributed by atoms with Gasteiger partial charge in [-0.1, -0.05) is 0 Å². The fraction of sp³-hybridized carbons (Fsp3) is 0.875. The number of halogens is 22. The number of alkyl halides is 22. The largest absolute Gasteiger partial charge is 0.393 e. The van der Waals surface area contributed by atoms with Crippen molar-refractivity contribution < 1.29 is 97.4 Å². The van der Waals surface area contributed by atoms with Gasteiger partial charge in [0.15, 0.2) is 0 Å². The van der Waals surface area contributed by atoms with Crippen LogP contribution in [0.2, 0.25) is 0 Å². The quantitative estimate of drug-likeness (QED) is 0.112. The zero-order valence-corrected chi connectivity index (χ0v) is 20.5. The summed E-state index contributed by atoms with van der Waals surface area (Å²) in [5, 5.41) is -11.8. The molecular formula is C16H10Cl2F20N2O2. The molecule has 4 nitrogen and oxygen atoms in total. The highest BCUT2D eigenvalue weighted by Gasteiger charge is 2.88. The number of unbranched alkanes of at least 4 members (excludes halogenated alkanes) is 1. The Kier molecular flexibility index (Phi) is 11.0. The molecule has 0 aliphatic rings. The lowest BCUT2D eigenvalue weighted by molar-refractivity contribution is -0.382. The zero-order chi connectivity index (χ0) is 34.4. The van der Waals surface area contributed by atoms with E-state index in [0.29, 0.717) is 10.6 Å². The molecule has 2 N–H and O–H groups in total. The first-order chi connectivity index (χ1) is 18.0. The van der Waals surface area contributed by atoms with Crippen molar-refractivity contribution >= 4 is 35.0 Å². The molecule has 0 saturated heterocycles. The zero-order valence-electron chi connectivity index (χ0n) is 19.0. The van der Waals surface area contributed by atoms with Gasteiger partial charge in [-0.05, 0) is 36.0 Å². The minimum absolute atomic E-state index is 0.670. The first-order valence-electron chi connectivity index (χ1n) is 9.77. The lowest BCUT2D eigenvalue weighted by Crippen LogP contribution is -2.69. The summed E-state index contributed by atoms with van der Waals surface area (Å²) < 4.78 is 263. The molecule has 0 spiro atoms. The van der Waals surface area contributed by atoms with Crippen LogP contribution in [-0.4, -0.2) is 83.0 Å². The smallest absolute Gasteiger partial charge is 0.351 e. The van der Waals surface area contributed by atoms with Crippen LogP contribution in [0, 0.1) is 0 Å². The Morgan fingerprint density at radius 3 is 0.810 bits per heavy atom. The highest BCUT2D eigenvalue weighted by Crippen LogP contribution is 2.59. The van der Waals surface area contributed by atoms with E-state index in [4.69, 9.17) is 0 Å². The lowest BCUT2D eigenvalue weighted by Gasteiger charge is -2.37. The molecule has 0 fully saturated rings. The van der Waals surface area contributed by atoms with Gasteiger partial charge in [-0.3, -0.25) is 9.59 Å². The Hall–Kier alpha value is -1.88. The van der Waals surface area contributed by atoms with Gasteiger partial charge in [0.25, 0.3) is 11.8 Å². The van der Waals surface area contributed by atoms with Gasteiger partial charge in [0.2, 0.25) is 0 Å². The Labute approximate surface area is 228 Å². The minimum atomic E-state index is -7.69. The lowest BCUT2D eigenvalue weighted by atomic mass is 9.98. The SMILES string of the molecule is O=C(NCCCCNC(=O)C(F)(F)C(F)(F)C(F)(F)C(F)(F)C(F)(F)Cl)C(F)(F)C(F)(F)C(F)(F)C(F)(F)C(F)(F)Cl. The minimum Gasteiger partial charge on any atom is -0.351 e. The number of hydrogen-bond acceptors (Lipinski definition) is 2. The molecule has 26 heteroatoms. The van der Waals surface area contributed by atoms with Crippen LogP contribution in [0.5, 0.6) is 0 Å². The molecule has 0 atom stereocenters. The summed E-state index contributed by atoms with van der Waals surface area (Å²) in [6.45, 7) is -2.93. The molecule has 0 aromatic rings. The molecule has 0 radical (unpaired) electrons. The van der Waals surface area contributed by atoms with Crippen LogP contribution in [0.15, 0.2) is 0 Å². The number of rotatable bonds is 15. The van der Waals surface area contributed by atoms with Gasteiger partial charge in [0, 0.05) is 13.1 Å². The van der Waals surface area contributed by atoms with Gasteiger partial charge in [-0.15, -0.1) is 0 Å². The van der Waals surface area contributed by atoms with Crippen molar-refractivity contribution in [3.63, 3.8) is 0 Å². The second-order valence-electron chi connectivity index (χ2n) is 7.81. The summed E-state index contributed by atoms with van der Waals surface area (Å²) in [5.74, 6) is -66.1. The third-order valence-electron chi connectivity index (χ3n) is 4.82. The van der Waals surface area contributed by atoms with Crippen molar-refractivity contribution in [1.82, 2.24) is 10.6 Å². The Balaban J connectivity index is 5.33. The molecule has 0 heterocycles. The van der Waals surface area contributed by atoms with E-state index in [1.807, 2.05) is 0 Å². The molecule has 0 unspecified atom stereocenters. The van der Waals surface area contributed by atoms with Crippen molar-refractivity contribution in [2.24, 2.45) is 0 Å². The summed E-state index contributed by atoms with van der Waals surface area (Å²) in [7, 11) is 0. The third-order valence-corrected chi connectivity index (χ3v) is 5.30. The van der Waals surface area contributed by atoms with Gasteiger partial charge < -0.3 is 10.6 Å². The highest BCUT2D eigenvalue weighted by molar-refractivity contribution is 6.22. The average Bonchev–Trinajstić information content (AvgIpc) is 2.78. The van der Waals surface area contributed by atoms with Crippen molar-refractivity contribution in [2.75, 3.05) is 13.1 Å². The van der Waals surface area contributed by atoms with Crippen LogP contribution >= 0.6 is 23.2 Å². The molecule has 0 rings (SSSR count). The van der Waals surface area contributed by atoms with Gasteiger partial charge in [0.1, 0.15) is 0 Å². The van der Waals surface area contributed by atoms with E-state index >= 15 is 0 Å². The number of carbonyl (C=O) groups is 2. The second kappa shape index (κ2) is 11.6. The predicted octanol–water partition coefficient (Wildman–Crippen LogP) is 6.74. The maximum Gasteiger partial charge on any atom is 0.393 e. The topological polar surface area (TPSA) is 58.2 Å². The van der Waals surface area contributed by atoms with Crippen molar-refractivity contribution in [3.05, 3.63) is 0 Å². The highest BCUT2D eigenvalue weighted by atomic mass is 35.5. The third kappa shape index (κ3) is 6.33. The van der Waals surface area contributed by atoms with E-state index in [0.717, 1.165) is 0 Å². The van der Waals surface area contributed by atoms with E-state index in [2.05, 4.69) is 23.2 Å². The van der Waals surface area contributed by atoms with Crippen LogP contribution in [-0.2, 0) is 9.59 Å². The molecule has 0 aliphatic heterocycles. The first kappa shape index (κ1) is 40.1. The van der Waals surface area contributed by atoms with Crippen molar-refractivity contribution in [3.8, 4) is 0 Å². The number of hydrogen-bond donors (Lipinski definition) is 2. The molecule has 42 heavy (non-hydrogen) atoms. The van der Waals surface area contributed by atoms with E-state index in [-0.39, 0.29) is 0 Å². The Morgan fingerprint density at radius 1 is 0.405 bits per heavy atom. The summed E-state index contributed by atoms with van der Waals surface area (Å²) in [4.78, 5) is 22.4. The maximum absolute atomic E-state index is 13.5. The molecule has 0 aromatic carbocycles. The van der Waals surface area contributed by atoms with Gasteiger partial charge in [-0.2, -0.15) is 87.8 Å². The van der Waals surface area contributed by atoms with Gasteiger partial charge in [0.05, 0.1) is 0 Å². The van der Waals surface area contributed by atoms with Gasteiger partial charge in [-0.25, -0.2) is 0 Å². The van der Waals surface area contributed by atoms with Crippen LogP contribution in [0.25, 0.3) is 0 Å². The number of nitrogens with one attached hydrogen (secondary N) is 2. The molecule has 0 bridgehead atoms.